The van der Waals surface area contributed by atoms with Gasteiger partial charge in [0.05, 0.1) is 17.6 Å². The molecule has 0 aliphatic carbocycles. The molecule has 11 heteroatoms. The number of carbonyl (C=O) groups is 1. The second kappa shape index (κ2) is 8.62. The molecule has 4 aromatic rings. The number of rotatable bonds is 4. The van der Waals surface area contributed by atoms with Gasteiger partial charge in [0.25, 0.3) is 0 Å². The Kier molecular flexibility index (Phi) is 5.86. The summed E-state index contributed by atoms with van der Waals surface area (Å²) in [6.45, 7) is 3.53. The number of halogens is 4. The van der Waals surface area contributed by atoms with E-state index in [9.17, 15) is 18.0 Å². The number of nitrogens with zero attached hydrogens (tertiary/aromatic N) is 3. The molecule has 170 valence electrons. The number of carbonyl (C=O) groups excluding carboxylic acids is 1. The predicted octanol–water partition coefficient (Wildman–Crippen LogP) is 6.43. The molecule has 2 aromatic carbocycles. The fourth-order valence-electron chi connectivity index (χ4n) is 3.34. The quantitative estimate of drug-likeness (QED) is 0.367. The molecule has 1 amide bonds. The predicted molar refractivity (Wildman–Crippen MR) is 115 cm³/mol. The number of aromatic nitrogens is 3. The van der Waals surface area contributed by atoms with E-state index in [4.69, 9.17) is 20.9 Å². The molecule has 0 fully saturated rings. The zero-order chi connectivity index (χ0) is 23.8. The number of alkyl halides is 3. The molecule has 0 saturated carbocycles. The minimum atomic E-state index is -4.84. The minimum Gasteiger partial charge on any atom is -0.406 e. The van der Waals surface area contributed by atoms with Crippen LogP contribution in [0.25, 0.3) is 16.8 Å². The molecule has 0 atom stereocenters. The van der Waals surface area contributed by atoms with Gasteiger partial charge in [0.1, 0.15) is 5.76 Å². The van der Waals surface area contributed by atoms with Crippen molar-refractivity contribution < 1.29 is 27.2 Å². The van der Waals surface area contributed by atoms with Crippen molar-refractivity contribution in [3.05, 3.63) is 76.9 Å². The van der Waals surface area contributed by atoms with Gasteiger partial charge in [-0.05, 0) is 55.8 Å². The third kappa shape index (κ3) is 4.70. The van der Waals surface area contributed by atoms with Gasteiger partial charge in [-0.3, -0.25) is 5.32 Å². The topological polar surface area (TPSA) is 82.2 Å². The Balaban J connectivity index is 1.58. The van der Waals surface area contributed by atoms with Gasteiger partial charge in [0.2, 0.25) is 0 Å². The normalized spacial score (nSPS) is 11.5. The number of nitrogens with one attached hydrogen (secondary N) is 1. The summed E-state index contributed by atoms with van der Waals surface area (Å²) >= 11 is 5.80. The van der Waals surface area contributed by atoms with E-state index in [-0.39, 0.29) is 5.69 Å². The largest absolute Gasteiger partial charge is 0.437 e. The number of anilines is 1. The van der Waals surface area contributed by atoms with Crippen molar-refractivity contribution in [3.8, 4) is 22.6 Å². The van der Waals surface area contributed by atoms with Crippen molar-refractivity contribution in [3.63, 3.8) is 0 Å². The van der Waals surface area contributed by atoms with Crippen LogP contribution < -0.4 is 10.1 Å². The Morgan fingerprint density at radius 1 is 1.15 bits per heavy atom. The van der Waals surface area contributed by atoms with Crippen molar-refractivity contribution in [2.45, 2.75) is 20.0 Å². The molecular weight excluding hydrogens is 461 g/mol. The van der Waals surface area contributed by atoms with Crippen LogP contribution in [0, 0.1) is 13.8 Å². The van der Waals surface area contributed by atoms with Crippen molar-refractivity contribution in [2.24, 2.45) is 0 Å². The zero-order valence-electron chi connectivity index (χ0n) is 17.3. The van der Waals surface area contributed by atoms with Gasteiger partial charge in [-0.15, -0.1) is 0 Å². The summed E-state index contributed by atoms with van der Waals surface area (Å²) < 4.78 is 52.0. The third-order valence-corrected chi connectivity index (χ3v) is 4.96. The van der Waals surface area contributed by atoms with Crippen molar-refractivity contribution in [1.82, 2.24) is 14.9 Å². The molecule has 0 bridgehead atoms. The highest BCUT2D eigenvalue weighted by molar-refractivity contribution is 6.30. The second-order valence-electron chi connectivity index (χ2n) is 7.04. The van der Waals surface area contributed by atoms with E-state index in [0.29, 0.717) is 26.8 Å². The molecule has 0 unspecified atom stereocenters. The van der Waals surface area contributed by atoms with Crippen molar-refractivity contribution >= 4 is 23.4 Å². The average molecular weight is 477 g/mol. The van der Waals surface area contributed by atoms with Crippen LogP contribution in [-0.2, 0) is 6.18 Å². The van der Waals surface area contributed by atoms with Gasteiger partial charge in [-0.25, -0.2) is 9.48 Å². The number of amides is 1. The lowest BCUT2D eigenvalue weighted by Gasteiger charge is -2.13. The molecule has 2 heterocycles. The molecule has 0 radical (unpaired) electrons. The monoisotopic (exact) mass is 476 g/mol. The van der Waals surface area contributed by atoms with Gasteiger partial charge < -0.3 is 9.26 Å². The van der Waals surface area contributed by atoms with Gasteiger partial charge in [-0.2, -0.15) is 18.3 Å². The summed E-state index contributed by atoms with van der Waals surface area (Å²) in [6.07, 6.45) is -5.11. The highest BCUT2D eigenvalue weighted by Crippen LogP contribution is 2.38. The maximum atomic E-state index is 13.8. The van der Waals surface area contributed by atoms with Crippen LogP contribution in [0.1, 0.15) is 17.1 Å². The smallest absolute Gasteiger partial charge is 0.406 e. The first-order valence-electron chi connectivity index (χ1n) is 9.57. The summed E-state index contributed by atoms with van der Waals surface area (Å²) in [4.78, 5) is 12.4. The van der Waals surface area contributed by atoms with Crippen molar-refractivity contribution in [2.75, 3.05) is 5.32 Å². The van der Waals surface area contributed by atoms with Gasteiger partial charge >= 0.3 is 12.3 Å². The van der Waals surface area contributed by atoms with E-state index >= 15 is 0 Å². The Bertz CT molecular complexity index is 1290. The van der Waals surface area contributed by atoms with Crippen LogP contribution in [0.2, 0.25) is 5.02 Å². The first-order chi connectivity index (χ1) is 15.6. The highest BCUT2D eigenvalue weighted by atomic mass is 35.5. The van der Waals surface area contributed by atoms with Crippen LogP contribution in [0.15, 0.2) is 59.3 Å². The van der Waals surface area contributed by atoms with Crippen LogP contribution >= 0.6 is 11.6 Å². The van der Waals surface area contributed by atoms with Gasteiger partial charge in [0.15, 0.2) is 11.4 Å². The molecule has 4 rings (SSSR count). The summed E-state index contributed by atoms with van der Waals surface area (Å²) in [6, 6.07) is 12.3. The molecule has 0 saturated heterocycles. The molecule has 1 N–H and O–H groups in total. The lowest BCUT2D eigenvalue weighted by molar-refractivity contribution is -0.143. The standard InChI is InChI=1S/C22H16ClF3N4O3/c1-12-19(13(2)33-29-12)14-4-3-5-16(10-14)28-21(31)32-18-11-27-30(20(18)22(24,25)26)17-8-6-15(23)7-9-17/h3-11H,1-2H3,(H,28,31). The Morgan fingerprint density at radius 2 is 1.88 bits per heavy atom. The molecule has 0 spiro atoms. The maximum absolute atomic E-state index is 13.8. The molecule has 33 heavy (non-hydrogen) atoms. The lowest BCUT2D eigenvalue weighted by Crippen LogP contribution is -2.20. The summed E-state index contributed by atoms with van der Waals surface area (Å²) in [7, 11) is 0. The number of aryl methyl sites for hydroxylation is 2. The van der Waals surface area contributed by atoms with Gasteiger partial charge in [-0.1, -0.05) is 28.9 Å². The summed E-state index contributed by atoms with van der Waals surface area (Å²) in [5, 5.41) is 10.4. The Labute approximate surface area is 190 Å². The zero-order valence-corrected chi connectivity index (χ0v) is 18.0. The van der Waals surface area contributed by atoms with Crippen molar-refractivity contribution in [1.29, 1.82) is 0 Å². The van der Waals surface area contributed by atoms with Gasteiger partial charge in [0, 0.05) is 16.3 Å². The van der Waals surface area contributed by atoms with E-state index in [1.54, 1.807) is 38.1 Å². The van der Waals surface area contributed by atoms with E-state index in [1.807, 2.05) is 0 Å². The fraction of sp³-hybridized carbons (Fsp3) is 0.136. The molecular formula is C22H16ClF3N4O3. The number of hydrogen-bond donors (Lipinski definition) is 1. The second-order valence-corrected chi connectivity index (χ2v) is 7.47. The molecule has 0 aliphatic heterocycles. The third-order valence-electron chi connectivity index (χ3n) is 4.71. The van der Waals surface area contributed by atoms with Crippen LogP contribution in [0.3, 0.4) is 0 Å². The van der Waals surface area contributed by atoms with Crippen LogP contribution in [-0.4, -0.2) is 21.0 Å². The summed E-state index contributed by atoms with van der Waals surface area (Å²) in [5.74, 6) is -0.145. The van der Waals surface area contributed by atoms with Crippen LogP contribution in [0.5, 0.6) is 5.75 Å². The lowest BCUT2D eigenvalue weighted by atomic mass is 10.0. The number of ether oxygens (including phenoxy) is 1. The molecule has 0 aliphatic rings. The fourth-order valence-corrected chi connectivity index (χ4v) is 3.46. The molecule has 7 nitrogen and oxygen atoms in total. The highest BCUT2D eigenvalue weighted by Gasteiger charge is 2.40. The Hall–Kier alpha value is -3.79. The van der Waals surface area contributed by atoms with E-state index < -0.39 is 23.7 Å². The number of benzene rings is 2. The van der Waals surface area contributed by atoms with E-state index in [1.165, 1.54) is 24.3 Å². The number of hydrogen-bond acceptors (Lipinski definition) is 5. The maximum Gasteiger partial charge on any atom is 0.437 e. The first-order valence-corrected chi connectivity index (χ1v) is 9.94. The SMILES string of the molecule is Cc1noc(C)c1-c1cccc(NC(=O)Oc2cnn(-c3ccc(Cl)cc3)c2C(F)(F)F)c1. The van der Waals surface area contributed by atoms with Crippen LogP contribution in [0.4, 0.5) is 23.7 Å². The van der Waals surface area contributed by atoms with E-state index in [2.05, 4.69) is 15.6 Å². The van der Waals surface area contributed by atoms with E-state index in [0.717, 1.165) is 17.3 Å². The Morgan fingerprint density at radius 3 is 2.52 bits per heavy atom. The average Bonchev–Trinajstić information content (AvgIpc) is 3.31. The molecule has 2 aromatic heterocycles. The summed E-state index contributed by atoms with van der Waals surface area (Å²) in [5.41, 5.74) is 1.33. The minimum absolute atomic E-state index is 0.106. The first kappa shape index (κ1) is 22.4.